The van der Waals surface area contributed by atoms with Gasteiger partial charge in [-0.25, -0.2) is 0 Å². The van der Waals surface area contributed by atoms with Gasteiger partial charge < -0.3 is 10.2 Å². The van der Waals surface area contributed by atoms with Gasteiger partial charge in [0.25, 0.3) is 17.5 Å². The molecule has 1 aliphatic heterocycles. The minimum absolute atomic E-state index is 0.0235. The molecular formula is C25H29ClN4O4. The Morgan fingerprint density at radius 3 is 2.38 bits per heavy atom. The van der Waals surface area contributed by atoms with Gasteiger partial charge in [-0.05, 0) is 37.0 Å². The van der Waals surface area contributed by atoms with Crippen LogP contribution in [0.4, 0.5) is 11.4 Å². The highest BCUT2D eigenvalue weighted by molar-refractivity contribution is 6.34. The second-order valence-electron chi connectivity index (χ2n) is 9.02. The predicted octanol–water partition coefficient (Wildman–Crippen LogP) is 4.84. The van der Waals surface area contributed by atoms with Gasteiger partial charge in [0, 0.05) is 44.9 Å². The summed E-state index contributed by atoms with van der Waals surface area (Å²) < 4.78 is 0. The number of para-hydroxylation sites is 1. The average molecular weight is 485 g/mol. The molecule has 0 bridgehead atoms. The number of nitro groups is 1. The number of nitrogens with one attached hydrogen (secondary N) is 1. The minimum Gasteiger partial charge on any atom is -0.336 e. The van der Waals surface area contributed by atoms with Crippen molar-refractivity contribution in [3.8, 4) is 0 Å². The molecule has 1 N–H and O–H groups in total. The van der Waals surface area contributed by atoms with E-state index in [4.69, 9.17) is 11.6 Å². The van der Waals surface area contributed by atoms with Crippen LogP contribution < -0.4 is 5.32 Å². The van der Waals surface area contributed by atoms with Crippen molar-refractivity contribution in [3.63, 3.8) is 0 Å². The van der Waals surface area contributed by atoms with E-state index < -0.39 is 10.8 Å². The number of hydrogen-bond donors (Lipinski definition) is 1. The van der Waals surface area contributed by atoms with Crippen LogP contribution in [0.5, 0.6) is 0 Å². The number of anilines is 1. The lowest BCUT2D eigenvalue weighted by Gasteiger charge is -2.37. The third-order valence-electron chi connectivity index (χ3n) is 6.71. The molecule has 1 heterocycles. The average Bonchev–Trinajstić information content (AvgIpc) is 2.85. The van der Waals surface area contributed by atoms with Crippen molar-refractivity contribution in [1.82, 2.24) is 9.80 Å². The fourth-order valence-electron chi connectivity index (χ4n) is 4.81. The van der Waals surface area contributed by atoms with E-state index in [1.54, 1.807) is 24.3 Å². The molecule has 0 spiro atoms. The summed E-state index contributed by atoms with van der Waals surface area (Å²) in [7, 11) is 0. The van der Waals surface area contributed by atoms with Gasteiger partial charge in [0.2, 0.25) is 0 Å². The number of carbonyl (C=O) groups excluding carboxylic acids is 2. The summed E-state index contributed by atoms with van der Waals surface area (Å²) in [6, 6.07) is 10.6. The van der Waals surface area contributed by atoms with E-state index in [1.807, 2.05) is 4.90 Å². The standard InChI is InChI=1S/C25H29ClN4O4/c26-22-16-19(30(33)34)10-11-20(22)24(31)27-23-9-5-4-8-21(23)25(32)29-14-12-28(13-15-29)17-18-6-2-1-3-7-18/h4-5,8-11,16,18H,1-3,6-7,12-15,17H2,(H,27,31). The molecule has 2 amide bonds. The molecule has 1 aliphatic carbocycles. The number of halogens is 1. The van der Waals surface area contributed by atoms with Crippen LogP contribution in [0.2, 0.25) is 5.02 Å². The highest BCUT2D eigenvalue weighted by Gasteiger charge is 2.26. The second kappa shape index (κ2) is 11.0. The molecule has 180 valence electrons. The molecule has 9 heteroatoms. The SMILES string of the molecule is O=C(Nc1ccccc1C(=O)N1CCN(CC2CCCCC2)CC1)c1ccc([N+](=O)[O-])cc1Cl. The van der Waals surface area contributed by atoms with Gasteiger partial charge in [0.05, 0.1) is 26.8 Å². The lowest BCUT2D eigenvalue weighted by atomic mass is 9.89. The smallest absolute Gasteiger partial charge is 0.270 e. The highest BCUT2D eigenvalue weighted by Crippen LogP contribution is 2.26. The van der Waals surface area contributed by atoms with Gasteiger partial charge in [-0.1, -0.05) is 43.0 Å². The van der Waals surface area contributed by atoms with Crippen LogP contribution in [0.1, 0.15) is 52.8 Å². The van der Waals surface area contributed by atoms with Crippen molar-refractivity contribution >= 4 is 34.8 Å². The monoisotopic (exact) mass is 484 g/mol. The first-order chi connectivity index (χ1) is 16.4. The number of hydrogen-bond acceptors (Lipinski definition) is 5. The second-order valence-corrected chi connectivity index (χ2v) is 9.43. The third-order valence-corrected chi connectivity index (χ3v) is 7.03. The van der Waals surface area contributed by atoms with E-state index >= 15 is 0 Å². The molecule has 0 aromatic heterocycles. The molecule has 2 fully saturated rings. The van der Waals surface area contributed by atoms with E-state index in [1.165, 1.54) is 44.2 Å². The molecule has 8 nitrogen and oxygen atoms in total. The van der Waals surface area contributed by atoms with Gasteiger partial charge in [-0.2, -0.15) is 0 Å². The zero-order valence-corrected chi connectivity index (χ0v) is 19.8. The van der Waals surface area contributed by atoms with Gasteiger partial charge >= 0.3 is 0 Å². The van der Waals surface area contributed by atoms with Crippen molar-refractivity contribution in [1.29, 1.82) is 0 Å². The van der Waals surface area contributed by atoms with Crippen LogP contribution in [0.25, 0.3) is 0 Å². The van der Waals surface area contributed by atoms with E-state index in [-0.39, 0.29) is 22.2 Å². The zero-order valence-electron chi connectivity index (χ0n) is 19.0. The summed E-state index contributed by atoms with van der Waals surface area (Å²) in [5, 5.41) is 13.6. The van der Waals surface area contributed by atoms with Crippen molar-refractivity contribution in [2.24, 2.45) is 5.92 Å². The highest BCUT2D eigenvalue weighted by atomic mass is 35.5. The first-order valence-electron chi connectivity index (χ1n) is 11.8. The number of piperazine rings is 1. The van der Waals surface area contributed by atoms with E-state index in [0.717, 1.165) is 31.6 Å². The largest absolute Gasteiger partial charge is 0.336 e. The Morgan fingerprint density at radius 2 is 1.71 bits per heavy atom. The summed E-state index contributed by atoms with van der Waals surface area (Å²) in [4.78, 5) is 40.7. The summed E-state index contributed by atoms with van der Waals surface area (Å²) in [5.41, 5.74) is 0.705. The maximum absolute atomic E-state index is 13.3. The Labute approximate surface area is 204 Å². The molecule has 2 aromatic carbocycles. The van der Waals surface area contributed by atoms with E-state index in [2.05, 4.69) is 10.2 Å². The van der Waals surface area contributed by atoms with Crippen LogP contribution in [0.15, 0.2) is 42.5 Å². The molecule has 0 atom stereocenters. The number of non-ortho nitro benzene ring substituents is 1. The van der Waals surface area contributed by atoms with Crippen LogP contribution in [0.3, 0.4) is 0 Å². The molecular weight excluding hydrogens is 456 g/mol. The fourth-order valence-corrected chi connectivity index (χ4v) is 5.07. The maximum Gasteiger partial charge on any atom is 0.270 e. The number of carbonyl (C=O) groups is 2. The van der Waals surface area contributed by atoms with Gasteiger partial charge in [0.15, 0.2) is 0 Å². The Hall–Kier alpha value is -2.97. The number of nitro benzene ring substituents is 1. The normalized spacial score (nSPS) is 17.4. The van der Waals surface area contributed by atoms with Crippen molar-refractivity contribution < 1.29 is 14.5 Å². The predicted molar refractivity (Wildman–Crippen MR) is 131 cm³/mol. The van der Waals surface area contributed by atoms with Gasteiger partial charge in [-0.3, -0.25) is 24.6 Å². The third kappa shape index (κ3) is 5.74. The quantitative estimate of drug-likeness (QED) is 0.467. The molecule has 2 aliphatic rings. The van der Waals surface area contributed by atoms with Crippen molar-refractivity contribution in [2.75, 3.05) is 38.0 Å². The number of benzene rings is 2. The lowest BCUT2D eigenvalue weighted by Crippen LogP contribution is -2.50. The Morgan fingerprint density at radius 1 is 1.00 bits per heavy atom. The Balaban J connectivity index is 1.39. The van der Waals surface area contributed by atoms with Crippen LogP contribution in [0, 0.1) is 16.0 Å². The first kappa shape index (κ1) is 24.2. The first-order valence-corrected chi connectivity index (χ1v) is 12.2. The van der Waals surface area contributed by atoms with Crippen LogP contribution in [-0.4, -0.2) is 59.3 Å². The van der Waals surface area contributed by atoms with E-state index in [0.29, 0.717) is 24.3 Å². The molecule has 1 saturated carbocycles. The van der Waals surface area contributed by atoms with Gasteiger partial charge in [0.1, 0.15) is 0 Å². The number of amides is 2. The van der Waals surface area contributed by atoms with Crippen molar-refractivity contribution in [3.05, 3.63) is 68.7 Å². The Bertz CT molecular complexity index is 1060. The zero-order chi connectivity index (χ0) is 24.1. The summed E-state index contributed by atoms with van der Waals surface area (Å²) >= 11 is 6.10. The van der Waals surface area contributed by atoms with Crippen molar-refractivity contribution in [2.45, 2.75) is 32.1 Å². The van der Waals surface area contributed by atoms with Crippen LogP contribution >= 0.6 is 11.6 Å². The molecule has 0 radical (unpaired) electrons. The molecule has 4 rings (SSSR count). The summed E-state index contributed by atoms with van der Waals surface area (Å²) in [6.07, 6.45) is 6.63. The molecule has 2 aromatic rings. The molecule has 34 heavy (non-hydrogen) atoms. The molecule has 1 saturated heterocycles. The maximum atomic E-state index is 13.3. The lowest BCUT2D eigenvalue weighted by molar-refractivity contribution is -0.384. The fraction of sp³-hybridized carbons (Fsp3) is 0.440. The summed E-state index contributed by atoms with van der Waals surface area (Å²) in [6.45, 7) is 4.14. The molecule has 0 unspecified atom stereocenters. The van der Waals surface area contributed by atoms with Crippen LogP contribution in [-0.2, 0) is 0 Å². The minimum atomic E-state index is -0.573. The Kier molecular flexibility index (Phi) is 7.80. The topological polar surface area (TPSA) is 95.8 Å². The summed E-state index contributed by atoms with van der Waals surface area (Å²) in [5.74, 6) is 0.124. The van der Waals surface area contributed by atoms with Gasteiger partial charge in [-0.15, -0.1) is 0 Å². The van der Waals surface area contributed by atoms with E-state index in [9.17, 15) is 19.7 Å². The number of rotatable bonds is 6. The number of nitrogens with zero attached hydrogens (tertiary/aromatic N) is 3.